The van der Waals surface area contributed by atoms with Gasteiger partial charge in [0.15, 0.2) is 0 Å². The van der Waals surface area contributed by atoms with Crippen LogP contribution in [0.15, 0.2) is 24.3 Å². The molecule has 5 heteroatoms. The Labute approximate surface area is 123 Å². The van der Waals surface area contributed by atoms with Crippen molar-refractivity contribution in [3.8, 4) is 0 Å². The minimum atomic E-state index is -0.201. The summed E-state index contributed by atoms with van der Waals surface area (Å²) < 4.78 is 0. The number of carbonyl (C=O) groups is 3. The van der Waals surface area contributed by atoms with Crippen LogP contribution >= 0.6 is 0 Å². The quantitative estimate of drug-likeness (QED) is 0.864. The molecule has 1 saturated carbocycles. The van der Waals surface area contributed by atoms with Crippen molar-refractivity contribution in [3.63, 3.8) is 0 Å². The number of rotatable bonds is 3. The van der Waals surface area contributed by atoms with Gasteiger partial charge in [-0.2, -0.15) is 0 Å². The normalized spacial score (nSPS) is 19.3. The maximum atomic E-state index is 12.2. The zero-order valence-corrected chi connectivity index (χ0v) is 11.8. The fraction of sp³-hybridized carbons (Fsp3) is 0.438. The Balaban J connectivity index is 1.77. The number of amides is 3. The summed E-state index contributed by atoms with van der Waals surface area (Å²) in [6.45, 7) is 0. The number of benzene rings is 1. The van der Waals surface area contributed by atoms with Crippen LogP contribution in [0.25, 0.3) is 0 Å². The molecule has 2 aliphatic rings. The van der Waals surface area contributed by atoms with Gasteiger partial charge in [-0.05, 0) is 31.0 Å². The first-order chi connectivity index (χ1) is 10.1. The molecule has 1 aliphatic carbocycles. The smallest absolute Gasteiger partial charge is 0.251 e. The van der Waals surface area contributed by atoms with Crippen molar-refractivity contribution in [2.24, 2.45) is 0 Å². The average molecular weight is 286 g/mol. The van der Waals surface area contributed by atoms with E-state index in [0.29, 0.717) is 11.3 Å². The molecule has 0 spiro atoms. The lowest BCUT2D eigenvalue weighted by atomic mass is 10.1. The lowest BCUT2D eigenvalue weighted by Gasteiger charge is -2.16. The van der Waals surface area contributed by atoms with E-state index in [1.165, 1.54) is 4.90 Å². The first-order valence-electron chi connectivity index (χ1n) is 7.42. The van der Waals surface area contributed by atoms with Gasteiger partial charge >= 0.3 is 0 Å². The number of nitrogens with zero attached hydrogens (tertiary/aromatic N) is 1. The van der Waals surface area contributed by atoms with Gasteiger partial charge in [0.1, 0.15) is 0 Å². The molecule has 5 nitrogen and oxygen atoms in total. The molecule has 3 amide bonds. The summed E-state index contributed by atoms with van der Waals surface area (Å²) in [6.07, 6.45) is 4.85. The molecule has 1 aromatic rings. The van der Waals surface area contributed by atoms with Gasteiger partial charge < -0.3 is 5.32 Å². The lowest BCUT2D eigenvalue weighted by Crippen LogP contribution is -2.33. The van der Waals surface area contributed by atoms with E-state index in [2.05, 4.69) is 5.32 Å². The molecule has 1 aliphatic heterocycles. The van der Waals surface area contributed by atoms with Gasteiger partial charge in [0.25, 0.3) is 5.91 Å². The summed E-state index contributed by atoms with van der Waals surface area (Å²) in [5.41, 5.74) is 0.980. The number of nitrogens with one attached hydrogen (secondary N) is 1. The van der Waals surface area contributed by atoms with E-state index in [4.69, 9.17) is 0 Å². The van der Waals surface area contributed by atoms with Crippen LogP contribution in [0.2, 0.25) is 0 Å². The molecule has 1 N–H and O–H groups in total. The van der Waals surface area contributed by atoms with Crippen LogP contribution in [0.5, 0.6) is 0 Å². The van der Waals surface area contributed by atoms with Gasteiger partial charge in [0.05, 0.1) is 5.69 Å². The predicted molar refractivity (Wildman–Crippen MR) is 77.9 cm³/mol. The third kappa shape index (κ3) is 2.82. The maximum absolute atomic E-state index is 12.2. The summed E-state index contributed by atoms with van der Waals surface area (Å²) in [7, 11) is 0. The van der Waals surface area contributed by atoms with E-state index in [1.54, 1.807) is 24.3 Å². The molecule has 110 valence electrons. The van der Waals surface area contributed by atoms with Crippen LogP contribution in [-0.4, -0.2) is 23.8 Å². The van der Waals surface area contributed by atoms with E-state index in [-0.39, 0.29) is 36.6 Å². The summed E-state index contributed by atoms with van der Waals surface area (Å²) >= 11 is 0. The molecule has 0 radical (unpaired) electrons. The predicted octanol–water partition coefficient (Wildman–Crippen LogP) is 2.01. The molecule has 0 unspecified atom stereocenters. The van der Waals surface area contributed by atoms with Gasteiger partial charge in [-0.1, -0.05) is 18.9 Å². The van der Waals surface area contributed by atoms with Crippen molar-refractivity contribution in [1.82, 2.24) is 5.32 Å². The molecule has 1 heterocycles. The van der Waals surface area contributed by atoms with Crippen LogP contribution in [0.3, 0.4) is 0 Å². The van der Waals surface area contributed by atoms with Crippen LogP contribution in [0.1, 0.15) is 48.9 Å². The van der Waals surface area contributed by atoms with Crippen LogP contribution in [-0.2, 0) is 9.59 Å². The van der Waals surface area contributed by atoms with Gasteiger partial charge in [-0.3, -0.25) is 19.3 Å². The Morgan fingerprint density at radius 2 is 1.76 bits per heavy atom. The highest BCUT2D eigenvalue weighted by atomic mass is 16.2. The molecular formula is C16H18N2O3. The molecule has 2 fully saturated rings. The number of imide groups is 1. The van der Waals surface area contributed by atoms with Crippen LogP contribution < -0.4 is 10.2 Å². The van der Waals surface area contributed by atoms with Gasteiger partial charge in [-0.15, -0.1) is 0 Å². The Bertz CT molecular complexity index is 575. The molecule has 3 rings (SSSR count). The first kappa shape index (κ1) is 13.8. The minimum absolute atomic E-state index is 0.136. The highest BCUT2D eigenvalue weighted by Crippen LogP contribution is 2.24. The van der Waals surface area contributed by atoms with Gasteiger partial charge in [0.2, 0.25) is 11.8 Å². The Hall–Kier alpha value is -2.17. The minimum Gasteiger partial charge on any atom is -0.349 e. The van der Waals surface area contributed by atoms with Crippen molar-refractivity contribution in [2.45, 2.75) is 44.6 Å². The average Bonchev–Trinajstić information content (AvgIpc) is 3.09. The zero-order chi connectivity index (χ0) is 14.8. The monoisotopic (exact) mass is 286 g/mol. The van der Waals surface area contributed by atoms with Gasteiger partial charge in [-0.25, -0.2) is 0 Å². The Morgan fingerprint density at radius 1 is 1.10 bits per heavy atom. The van der Waals surface area contributed by atoms with E-state index in [1.807, 2.05) is 0 Å². The molecule has 0 bridgehead atoms. The molecular weight excluding hydrogens is 268 g/mol. The standard InChI is InChI=1S/C16H18N2O3/c19-14-8-9-15(20)18(14)13-7-3-4-11(10-13)16(21)17-12-5-1-2-6-12/h3-4,7,10,12H,1-2,5-6,8-9H2,(H,17,21). The van der Waals surface area contributed by atoms with Crippen molar-refractivity contribution in [1.29, 1.82) is 0 Å². The molecule has 1 aromatic carbocycles. The largest absolute Gasteiger partial charge is 0.349 e. The van der Waals surface area contributed by atoms with Crippen LogP contribution in [0, 0.1) is 0 Å². The van der Waals surface area contributed by atoms with E-state index in [0.717, 1.165) is 25.7 Å². The van der Waals surface area contributed by atoms with Gasteiger partial charge in [0, 0.05) is 24.4 Å². The molecule has 21 heavy (non-hydrogen) atoms. The van der Waals surface area contributed by atoms with Crippen molar-refractivity contribution in [2.75, 3.05) is 4.90 Å². The molecule has 0 aromatic heterocycles. The summed E-state index contributed by atoms with van der Waals surface area (Å²) in [6, 6.07) is 6.96. The van der Waals surface area contributed by atoms with Crippen molar-refractivity contribution >= 4 is 23.4 Å². The summed E-state index contributed by atoms with van der Waals surface area (Å²) in [4.78, 5) is 36.9. The number of anilines is 1. The number of hydrogen-bond donors (Lipinski definition) is 1. The van der Waals surface area contributed by atoms with E-state index in [9.17, 15) is 14.4 Å². The van der Waals surface area contributed by atoms with Crippen molar-refractivity contribution < 1.29 is 14.4 Å². The van der Waals surface area contributed by atoms with Crippen LogP contribution in [0.4, 0.5) is 5.69 Å². The third-order valence-electron chi connectivity index (χ3n) is 4.11. The Morgan fingerprint density at radius 3 is 2.43 bits per heavy atom. The van der Waals surface area contributed by atoms with Crippen molar-refractivity contribution in [3.05, 3.63) is 29.8 Å². The first-order valence-corrected chi connectivity index (χ1v) is 7.42. The topological polar surface area (TPSA) is 66.5 Å². The SMILES string of the molecule is O=C(NC1CCCC1)c1cccc(N2C(=O)CCC2=O)c1. The summed E-state index contributed by atoms with van der Waals surface area (Å²) in [5.74, 6) is -0.537. The molecule has 0 atom stereocenters. The second-order valence-corrected chi connectivity index (χ2v) is 5.63. The highest BCUT2D eigenvalue weighted by molar-refractivity contribution is 6.20. The highest BCUT2D eigenvalue weighted by Gasteiger charge is 2.30. The summed E-state index contributed by atoms with van der Waals surface area (Å²) in [5, 5.41) is 3.01. The molecule has 1 saturated heterocycles. The fourth-order valence-corrected chi connectivity index (χ4v) is 2.99. The maximum Gasteiger partial charge on any atom is 0.251 e. The van der Waals surface area contributed by atoms with E-state index < -0.39 is 0 Å². The fourth-order valence-electron chi connectivity index (χ4n) is 2.99. The van der Waals surface area contributed by atoms with E-state index >= 15 is 0 Å². The third-order valence-corrected chi connectivity index (χ3v) is 4.11. The lowest BCUT2D eigenvalue weighted by molar-refractivity contribution is -0.121. The number of hydrogen-bond acceptors (Lipinski definition) is 3. The second kappa shape index (κ2) is 5.68. The zero-order valence-electron chi connectivity index (χ0n) is 11.8. The second-order valence-electron chi connectivity index (χ2n) is 5.63. The Kier molecular flexibility index (Phi) is 3.73. The number of carbonyl (C=O) groups excluding carboxylic acids is 3.